The number of piperidine rings is 1. The summed E-state index contributed by atoms with van der Waals surface area (Å²) in [6.07, 6.45) is 5.79. The third-order valence-corrected chi connectivity index (χ3v) is 3.57. The predicted molar refractivity (Wildman–Crippen MR) is 70.9 cm³/mol. The number of anilines is 1. The lowest BCUT2D eigenvalue weighted by atomic mass is 9.92. The largest absolute Gasteiger partial charge is 0.353 e. The SMILES string of the molecule is CCC[C@@H]1CCC[C@@H](C#N)N1c1ccccc1. The molecule has 1 aliphatic rings. The van der Waals surface area contributed by atoms with E-state index in [4.69, 9.17) is 0 Å². The van der Waals surface area contributed by atoms with E-state index in [2.05, 4.69) is 42.2 Å². The van der Waals surface area contributed by atoms with E-state index in [0.717, 1.165) is 6.42 Å². The molecule has 2 nitrogen and oxygen atoms in total. The van der Waals surface area contributed by atoms with Gasteiger partial charge in [-0.3, -0.25) is 0 Å². The van der Waals surface area contributed by atoms with Gasteiger partial charge in [0.05, 0.1) is 6.07 Å². The molecule has 2 rings (SSSR count). The number of hydrogen-bond donors (Lipinski definition) is 0. The minimum absolute atomic E-state index is 0.0581. The summed E-state index contributed by atoms with van der Waals surface area (Å²) in [5.41, 5.74) is 1.21. The maximum Gasteiger partial charge on any atom is 0.117 e. The van der Waals surface area contributed by atoms with Crippen molar-refractivity contribution in [1.29, 1.82) is 5.26 Å². The van der Waals surface area contributed by atoms with Gasteiger partial charge in [-0.2, -0.15) is 5.26 Å². The van der Waals surface area contributed by atoms with E-state index in [1.54, 1.807) is 0 Å². The van der Waals surface area contributed by atoms with E-state index in [0.29, 0.717) is 6.04 Å². The standard InChI is InChI=1S/C15H20N2/c1-2-7-13-10-6-11-15(12-16)17(13)14-8-4-3-5-9-14/h3-5,8-9,13,15H,2,6-7,10-11H2,1H3/t13-,15+/m1/s1. The van der Waals surface area contributed by atoms with Crippen LogP contribution in [0, 0.1) is 11.3 Å². The van der Waals surface area contributed by atoms with Crippen LogP contribution in [0.1, 0.15) is 39.0 Å². The van der Waals surface area contributed by atoms with Crippen LogP contribution in [0.15, 0.2) is 30.3 Å². The lowest BCUT2D eigenvalue weighted by Crippen LogP contribution is -2.46. The first-order valence-corrected chi connectivity index (χ1v) is 6.59. The number of hydrogen-bond acceptors (Lipinski definition) is 2. The number of nitriles is 1. The Bertz CT molecular complexity index is 378. The Morgan fingerprint density at radius 1 is 1.29 bits per heavy atom. The summed E-state index contributed by atoms with van der Waals surface area (Å²) in [6, 6.07) is 13.5. The van der Waals surface area contributed by atoms with Crippen molar-refractivity contribution in [2.45, 2.75) is 51.1 Å². The molecule has 2 heteroatoms. The minimum atomic E-state index is 0.0581. The van der Waals surface area contributed by atoms with Crippen molar-refractivity contribution in [3.63, 3.8) is 0 Å². The van der Waals surface area contributed by atoms with Crippen molar-refractivity contribution < 1.29 is 0 Å². The van der Waals surface area contributed by atoms with Crippen molar-refractivity contribution in [2.75, 3.05) is 4.90 Å². The van der Waals surface area contributed by atoms with E-state index in [1.165, 1.54) is 31.4 Å². The van der Waals surface area contributed by atoms with Gasteiger partial charge in [-0.15, -0.1) is 0 Å². The van der Waals surface area contributed by atoms with Gasteiger partial charge in [0.15, 0.2) is 0 Å². The van der Waals surface area contributed by atoms with Crippen molar-refractivity contribution in [3.8, 4) is 6.07 Å². The number of para-hydroxylation sites is 1. The molecule has 1 fully saturated rings. The first-order valence-electron chi connectivity index (χ1n) is 6.59. The summed E-state index contributed by atoms with van der Waals surface area (Å²) in [7, 11) is 0. The van der Waals surface area contributed by atoms with Crippen molar-refractivity contribution in [1.82, 2.24) is 0 Å². The Balaban J connectivity index is 2.26. The smallest absolute Gasteiger partial charge is 0.117 e. The molecule has 0 radical (unpaired) electrons. The van der Waals surface area contributed by atoms with Gasteiger partial charge >= 0.3 is 0 Å². The highest BCUT2D eigenvalue weighted by molar-refractivity contribution is 5.50. The van der Waals surface area contributed by atoms with Gasteiger partial charge in [0.2, 0.25) is 0 Å². The average Bonchev–Trinajstić information content (AvgIpc) is 2.40. The summed E-state index contributed by atoms with van der Waals surface area (Å²) >= 11 is 0. The van der Waals surface area contributed by atoms with Crippen molar-refractivity contribution >= 4 is 5.69 Å². The average molecular weight is 228 g/mol. The fraction of sp³-hybridized carbons (Fsp3) is 0.533. The molecule has 1 aliphatic heterocycles. The molecule has 1 heterocycles. The number of benzene rings is 1. The molecule has 0 N–H and O–H groups in total. The summed E-state index contributed by atoms with van der Waals surface area (Å²) in [5.74, 6) is 0. The van der Waals surface area contributed by atoms with Crippen LogP contribution >= 0.6 is 0 Å². The third kappa shape index (κ3) is 2.61. The van der Waals surface area contributed by atoms with Crippen LogP contribution in [0.2, 0.25) is 0 Å². The topological polar surface area (TPSA) is 27.0 Å². The van der Waals surface area contributed by atoms with Gasteiger partial charge in [0.1, 0.15) is 6.04 Å². The molecular formula is C15H20N2. The fourth-order valence-corrected chi connectivity index (χ4v) is 2.81. The van der Waals surface area contributed by atoms with E-state index >= 15 is 0 Å². The van der Waals surface area contributed by atoms with E-state index < -0.39 is 0 Å². The molecule has 0 bridgehead atoms. The summed E-state index contributed by atoms with van der Waals surface area (Å²) in [5, 5.41) is 9.32. The molecule has 90 valence electrons. The van der Waals surface area contributed by atoms with E-state index in [9.17, 15) is 5.26 Å². The van der Waals surface area contributed by atoms with Crippen LogP contribution in [-0.4, -0.2) is 12.1 Å². The molecule has 17 heavy (non-hydrogen) atoms. The first-order chi connectivity index (χ1) is 8.36. The molecule has 1 aromatic rings. The van der Waals surface area contributed by atoms with Gasteiger partial charge in [-0.25, -0.2) is 0 Å². The molecule has 0 spiro atoms. The molecule has 0 saturated carbocycles. The van der Waals surface area contributed by atoms with Crippen LogP contribution in [-0.2, 0) is 0 Å². The second-order valence-corrected chi connectivity index (χ2v) is 4.76. The monoisotopic (exact) mass is 228 g/mol. The highest BCUT2D eigenvalue weighted by Gasteiger charge is 2.29. The maximum atomic E-state index is 9.32. The van der Waals surface area contributed by atoms with Crippen LogP contribution in [0.25, 0.3) is 0 Å². The van der Waals surface area contributed by atoms with Gasteiger partial charge in [0.25, 0.3) is 0 Å². The molecule has 0 unspecified atom stereocenters. The number of nitrogens with zero attached hydrogens (tertiary/aromatic N) is 2. The molecule has 1 saturated heterocycles. The molecule has 1 aromatic carbocycles. The maximum absolute atomic E-state index is 9.32. The first kappa shape index (κ1) is 12.0. The van der Waals surface area contributed by atoms with Crippen LogP contribution in [0.4, 0.5) is 5.69 Å². The Morgan fingerprint density at radius 3 is 2.71 bits per heavy atom. The lowest BCUT2D eigenvalue weighted by molar-refractivity contribution is 0.401. The van der Waals surface area contributed by atoms with Crippen molar-refractivity contribution in [3.05, 3.63) is 30.3 Å². The van der Waals surface area contributed by atoms with Gasteiger partial charge in [0, 0.05) is 11.7 Å². The van der Waals surface area contributed by atoms with Crippen LogP contribution in [0.5, 0.6) is 0 Å². The van der Waals surface area contributed by atoms with Gasteiger partial charge in [-0.05, 0) is 37.8 Å². The number of rotatable bonds is 3. The highest BCUT2D eigenvalue weighted by Crippen LogP contribution is 2.30. The zero-order valence-corrected chi connectivity index (χ0v) is 10.5. The summed E-state index contributed by atoms with van der Waals surface area (Å²) in [6.45, 7) is 2.22. The zero-order valence-electron chi connectivity index (χ0n) is 10.5. The Kier molecular flexibility index (Phi) is 4.03. The molecule has 2 atom stereocenters. The summed E-state index contributed by atoms with van der Waals surface area (Å²) < 4.78 is 0. The fourth-order valence-electron chi connectivity index (χ4n) is 2.81. The molecule has 0 aliphatic carbocycles. The third-order valence-electron chi connectivity index (χ3n) is 3.57. The lowest BCUT2D eigenvalue weighted by Gasteiger charge is -2.41. The van der Waals surface area contributed by atoms with Gasteiger partial charge in [-0.1, -0.05) is 31.5 Å². The van der Waals surface area contributed by atoms with E-state index in [1.807, 2.05) is 6.07 Å². The quantitative estimate of drug-likeness (QED) is 0.788. The molecule has 0 amide bonds. The zero-order chi connectivity index (χ0) is 12.1. The summed E-state index contributed by atoms with van der Waals surface area (Å²) in [4.78, 5) is 2.34. The van der Waals surface area contributed by atoms with E-state index in [-0.39, 0.29) is 6.04 Å². The van der Waals surface area contributed by atoms with Gasteiger partial charge < -0.3 is 4.90 Å². The molecule has 0 aromatic heterocycles. The second-order valence-electron chi connectivity index (χ2n) is 4.76. The second kappa shape index (κ2) is 5.72. The predicted octanol–water partition coefficient (Wildman–Crippen LogP) is 3.74. The van der Waals surface area contributed by atoms with Crippen LogP contribution in [0.3, 0.4) is 0 Å². The molecular weight excluding hydrogens is 208 g/mol. The Hall–Kier alpha value is -1.49. The van der Waals surface area contributed by atoms with Crippen LogP contribution < -0.4 is 4.90 Å². The highest BCUT2D eigenvalue weighted by atomic mass is 15.2. The minimum Gasteiger partial charge on any atom is -0.353 e. The normalized spacial score (nSPS) is 24.4. The Morgan fingerprint density at radius 2 is 2.06 bits per heavy atom. The van der Waals surface area contributed by atoms with Crippen molar-refractivity contribution in [2.24, 2.45) is 0 Å². The Labute approximate surface area is 104 Å².